The molecule has 0 fully saturated rings. The van der Waals surface area contributed by atoms with Gasteiger partial charge in [-0.2, -0.15) is 5.26 Å². The molecule has 4 rings (SSSR count). The van der Waals surface area contributed by atoms with Gasteiger partial charge in [0.2, 0.25) is 0 Å². The fourth-order valence-electron chi connectivity index (χ4n) is 3.68. The highest BCUT2D eigenvalue weighted by Crippen LogP contribution is 2.31. The van der Waals surface area contributed by atoms with Crippen LogP contribution in [0.5, 0.6) is 11.5 Å². The van der Waals surface area contributed by atoms with Crippen molar-refractivity contribution >= 4 is 22.7 Å². The van der Waals surface area contributed by atoms with Gasteiger partial charge in [-0.15, -0.1) is 0 Å². The van der Waals surface area contributed by atoms with Crippen LogP contribution in [0.25, 0.3) is 22.7 Å². The summed E-state index contributed by atoms with van der Waals surface area (Å²) in [6.07, 6.45) is 1.81. The van der Waals surface area contributed by atoms with Crippen molar-refractivity contribution in [2.24, 2.45) is 0 Å². The number of aromatic nitrogens is 2. The number of nitrogens with zero attached hydrogens (tertiary/aromatic N) is 2. The number of aryl methyl sites for hydroxylation is 3. The summed E-state index contributed by atoms with van der Waals surface area (Å²) in [5.41, 5.74) is 7.72. The molecule has 3 aromatic carbocycles. The van der Waals surface area contributed by atoms with Crippen molar-refractivity contribution in [1.29, 1.82) is 5.26 Å². The molecule has 0 amide bonds. The lowest BCUT2D eigenvalue weighted by Crippen LogP contribution is -2.00. The number of allylic oxidation sites excluding steroid dienone is 1. The zero-order valence-corrected chi connectivity index (χ0v) is 19.4. The van der Waals surface area contributed by atoms with E-state index in [0.717, 1.165) is 22.2 Å². The number of ether oxygens (including phenoxy) is 2. The lowest BCUT2D eigenvalue weighted by atomic mass is 10.1. The van der Waals surface area contributed by atoms with Gasteiger partial charge in [-0.05, 0) is 80.3 Å². The summed E-state index contributed by atoms with van der Waals surface area (Å²) < 4.78 is 11.9. The number of benzene rings is 3. The van der Waals surface area contributed by atoms with Crippen molar-refractivity contribution in [3.8, 4) is 17.6 Å². The molecule has 0 aliphatic carbocycles. The normalized spacial score (nSPS) is 11.4. The number of rotatable bonds is 7. The van der Waals surface area contributed by atoms with E-state index in [4.69, 9.17) is 9.47 Å². The summed E-state index contributed by atoms with van der Waals surface area (Å²) in [4.78, 5) is 7.90. The molecule has 0 aliphatic heterocycles. The van der Waals surface area contributed by atoms with Gasteiger partial charge >= 0.3 is 0 Å². The van der Waals surface area contributed by atoms with E-state index >= 15 is 0 Å². The zero-order chi connectivity index (χ0) is 23.4. The first kappa shape index (κ1) is 22.2. The van der Waals surface area contributed by atoms with Crippen LogP contribution in [0.1, 0.15) is 40.6 Å². The smallest absolute Gasteiger partial charge is 0.161 e. The highest BCUT2D eigenvalue weighted by molar-refractivity contribution is 5.90. The summed E-state index contributed by atoms with van der Waals surface area (Å²) in [6, 6.07) is 20.3. The van der Waals surface area contributed by atoms with Crippen LogP contribution in [0.15, 0.2) is 54.6 Å². The molecule has 1 heterocycles. The average molecular weight is 438 g/mol. The number of H-pyrrole nitrogens is 1. The molecule has 0 saturated carbocycles. The van der Waals surface area contributed by atoms with Crippen LogP contribution in [0, 0.1) is 32.1 Å². The minimum atomic E-state index is 0.456. The van der Waals surface area contributed by atoms with Gasteiger partial charge < -0.3 is 14.5 Å². The van der Waals surface area contributed by atoms with Crippen molar-refractivity contribution < 1.29 is 9.47 Å². The molecule has 33 heavy (non-hydrogen) atoms. The Labute approximate surface area is 194 Å². The van der Waals surface area contributed by atoms with Crippen LogP contribution in [0.4, 0.5) is 0 Å². The van der Waals surface area contributed by atoms with Crippen molar-refractivity contribution in [2.75, 3.05) is 6.61 Å². The second kappa shape index (κ2) is 9.62. The topological polar surface area (TPSA) is 70.9 Å². The van der Waals surface area contributed by atoms with Gasteiger partial charge in [0.25, 0.3) is 0 Å². The maximum absolute atomic E-state index is 9.80. The molecule has 1 aromatic heterocycles. The van der Waals surface area contributed by atoms with Crippen molar-refractivity contribution in [1.82, 2.24) is 9.97 Å². The van der Waals surface area contributed by atoms with E-state index in [2.05, 4.69) is 55.0 Å². The fourth-order valence-corrected chi connectivity index (χ4v) is 3.68. The second-order valence-electron chi connectivity index (χ2n) is 8.13. The average Bonchev–Trinajstić information content (AvgIpc) is 3.19. The summed E-state index contributed by atoms with van der Waals surface area (Å²) in [5, 5.41) is 9.80. The number of aromatic amines is 1. The van der Waals surface area contributed by atoms with E-state index in [1.807, 2.05) is 49.4 Å². The lowest BCUT2D eigenvalue weighted by Gasteiger charge is -2.13. The van der Waals surface area contributed by atoms with Gasteiger partial charge in [0.15, 0.2) is 11.5 Å². The Morgan fingerprint density at radius 3 is 2.58 bits per heavy atom. The fraction of sp³-hybridized carbons (Fsp3) is 0.214. The molecular formula is C28H27N3O2. The van der Waals surface area contributed by atoms with Gasteiger partial charge in [-0.25, -0.2) is 4.98 Å². The molecule has 4 aromatic rings. The molecule has 1 N–H and O–H groups in total. The maximum atomic E-state index is 9.80. The molecule has 166 valence electrons. The van der Waals surface area contributed by atoms with Crippen molar-refractivity contribution in [3.05, 3.63) is 88.2 Å². The Morgan fingerprint density at radius 2 is 1.82 bits per heavy atom. The Bertz CT molecular complexity index is 1340. The summed E-state index contributed by atoms with van der Waals surface area (Å²) >= 11 is 0. The number of nitrogens with one attached hydrogen (secondary N) is 1. The first-order valence-electron chi connectivity index (χ1n) is 11.0. The second-order valence-corrected chi connectivity index (χ2v) is 8.13. The summed E-state index contributed by atoms with van der Waals surface area (Å²) in [5.74, 6) is 1.87. The van der Waals surface area contributed by atoms with Gasteiger partial charge in [-0.1, -0.05) is 35.9 Å². The van der Waals surface area contributed by atoms with Crippen LogP contribution in [-0.2, 0) is 6.61 Å². The van der Waals surface area contributed by atoms with E-state index in [9.17, 15) is 5.26 Å². The molecule has 5 heteroatoms. The molecule has 0 spiro atoms. The molecule has 0 atom stereocenters. The molecular weight excluding hydrogens is 410 g/mol. The van der Waals surface area contributed by atoms with Crippen molar-refractivity contribution in [3.63, 3.8) is 0 Å². The molecule has 0 aliphatic rings. The number of nitriles is 1. The van der Waals surface area contributed by atoms with Gasteiger partial charge in [-0.3, -0.25) is 0 Å². The third kappa shape index (κ3) is 5.07. The SMILES string of the molecule is CCOc1cc(/C=C(/C#N)c2nc3cc(C)c(C)cc3[nH]2)ccc1OCc1cccc(C)c1. The monoisotopic (exact) mass is 437 g/mol. The highest BCUT2D eigenvalue weighted by Gasteiger charge is 2.11. The first-order chi connectivity index (χ1) is 16.0. The third-order valence-corrected chi connectivity index (χ3v) is 5.53. The largest absolute Gasteiger partial charge is 0.490 e. The minimum Gasteiger partial charge on any atom is -0.490 e. The van der Waals surface area contributed by atoms with Gasteiger partial charge in [0.1, 0.15) is 18.5 Å². The maximum Gasteiger partial charge on any atom is 0.161 e. The summed E-state index contributed by atoms with van der Waals surface area (Å²) in [7, 11) is 0. The van der Waals surface area contributed by atoms with Gasteiger partial charge in [0.05, 0.1) is 23.2 Å². The predicted molar refractivity (Wildman–Crippen MR) is 132 cm³/mol. The Hall–Kier alpha value is -4.04. The number of fused-ring (bicyclic) bond motifs is 1. The Kier molecular flexibility index (Phi) is 6.46. The van der Waals surface area contributed by atoms with Crippen LogP contribution >= 0.6 is 0 Å². The van der Waals surface area contributed by atoms with E-state index in [1.54, 1.807) is 0 Å². The number of hydrogen-bond donors (Lipinski definition) is 1. The van der Waals surface area contributed by atoms with Crippen LogP contribution in [0.3, 0.4) is 0 Å². The highest BCUT2D eigenvalue weighted by atomic mass is 16.5. The lowest BCUT2D eigenvalue weighted by molar-refractivity contribution is 0.269. The molecule has 5 nitrogen and oxygen atoms in total. The quantitative estimate of drug-likeness (QED) is 0.334. The zero-order valence-electron chi connectivity index (χ0n) is 19.4. The standard InChI is InChI=1S/C28H27N3O2/c1-5-32-27-15-21(9-10-26(27)33-17-22-8-6-7-18(2)11-22)14-23(16-29)28-30-24-12-19(3)20(4)13-25(24)31-28/h6-15H,5,17H2,1-4H3,(H,30,31)/b23-14-. The van der Waals surface area contributed by atoms with Crippen molar-refractivity contribution in [2.45, 2.75) is 34.3 Å². The Balaban J connectivity index is 1.62. The predicted octanol–water partition coefficient (Wildman–Crippen LogP) is 6.53. The first-order valence-corrected chi connectivity index (χ1v) is 11.0. The van der Waals surface area contributed by atoms with Crippen LogP contribution in [-0.4, -0.2) is 16.6 Å². The van der Waals surface area contributed by atoms with E-state index in [0.29, 0.717) is 36.1 Å². The molecule has 0 unspecified atom stereocenters. The number of hydrogen-bond acceptors (Lipinski definition) is 4. The number of imidazole rings is 1. The van der Waals surface area contributed by atoms with E-state index in [1.165, 1.54) is 16.7 Å². The third-order valence-electron chi connectivity index (χ3n) is 5.53. The van der Waals surface area contributed by atoms with Crippen LogP contribution in [0.2, 0.25) is 0 Å². The van der Waals surface area contributed by atoms with E-state index in [-0.39, 0.29) is 0 Å². The van der Waals surface area contributed by atoms with E-state index < -0.39 is 0 Å². The van der Waals surface area contributed by atoms with Crippen LogP contribution < -0.4 is 9.47 Å². The minimum absolute atomic E-state index is 0.456. The molecule has 0 saturated heterocycles. The summed E-state index contributed by atoms with van der Waals surface area (Å²) in [6.45, 7) is 9.09. The molecule has 0 radical (unpaired) electrons. The molecule has 0 bridgehead atoms. The van der Waals surface area contributed by atoms with Gasteiger partial charge in [0, 0.05) is 0 Å². The Morgan fingerprint density at radius 1 is 1.00 bits per heavy atom.